The number of rotatable bonds is 1. The van der Waals surface area contributed by atoms with Gasteiger partial charge in [-0.05, 0) is 41.9 Å². The Morgan fingerprint density at radius 2 is 2.07 bits per heavy atom. The van der Waals surface area contributed by atoms with Gasteiger partial charge in [0.1, 0.15) is 0 Å². The second-order valence-corrected chi connectivity index (χ2v) is 4.46. The SMILES string of the molecule is Cc1nn(-c2ccc(Cl)cn2)c(C)c1Br. The van der Waals surface area contributed by atoms with Crippen LogP contribution in [-0.4, -0.2) is 14.8 Å². The van der Waals surface area contributed by atoms with Crippen LogP contribution in [0.4, 0.5) is 0 Å². The molecule has 0 saturated carbocycles. The Bertz CT molecular complexity index is 490. The van der Waals surface area contributed by atoms with Gasteiger partial charge in [0.25, 0.3) is 0 Å². The van der Waals surface area contributed by atoms with Crippen molar-refractivity contribution in [2.24, 2.45) is 0 Å². The van der Waals surface area contributed by atoms with E-state index < -0.39 is 0 Å². The van der Waals surface area contributed by atoms with E-state index in [2.05, 4.69) is 26.0 Å². The van der Waals surface area contributed by atoms with Crippen LogP contribution in [0.5, 0.6) is 0 Å². The first-order chi connectivity index (χ1) is 7.09. The van der Waals surface area contributed by atoms with Crippen molar-refractivity contribution in [3.05, 3.63) is 39.2 Å². The molecule has 0 aliphatic heterocycles. The van der Waals surface area contributed by atoms with E-state index >= 15 is 0 Å². The Balaban J connectivity index is 2.54. The minimum atomic E-state index is 0.624. The molecule has 78 valence electrons. The molecular weight excluding hydrogens is 277 g/mol. The minimum Gasteiger partial charge on any atom is -0.236 e. The molecule has 0 saturated heterocycles. The summed E-state index contributed by atoms with van der Waals surface area (Å²) < 4.78 is 2.80. The highest BCUT2D eigenvalue weighted by Crippen LogP contribution is 2.22. The molecule has 0 atom stereocenters. The Morgan fingerprint density at radius 1 is 1.33 bits per heavy atom. The molecule has 5 heteroatoms. The number of aromatic nitrogens is 3. The summed E-state index contributed by atoms with van der Waals surface area (Å²) in [5.74, 6) is 0.769. The summed E-state index contributed by atoms with van der Waals surface area (Å²) >= 11 is 9.25. The van der Waals surface area contributed by atoms with Crippen LogP contribution >= 0.6 is 27.5 Å². The van der Waals surface area contributed by atoms with E-state index in [1.807, 2.05) is 19.9 Å². The lowest BCUT2D eigenvalue weighted by molar-refractivity contribution is 0.806. The number of hydrogen-bond acceptors (Lipinski definition) is 2. The third-order valence-corrected chi connectivity index (χ3v) is 3.50. The van der Waals surface area contributed by atoms with Crippen LogP contribution < -0.4 is 0 Å². The maximum atomic E-state index is 5.77. The summed E-state index contributed by atoms with van der Waals surface area (Å²) in [6.07, 6.45) is 1.61. The number of nitrogens with zero attached hydrogens (tertiary/aromatic N) is 3. The predicted octanol–water partition coefficient (Wildman–Crippen LogP) is 3.30. The second kappa shape index (κ2) is 3.94. The summed E-state index contributed by atoms with van der Waals surface area (Å²) in [5, 5.41) is 5.00. The van der Waals surface area contributed by atoms with Crippen molar-refractivity contribution in [2.45, 2.75) is 13.8 Å². The fourth-order valence-electron chi connectivity index (χ4n) is 1.34. The van der Waals surface area contributed by atoms with Gasteiger partial charge in [-0.3, -0.25) is 0 Å². The topological polar surface area (TPSA) is 30.7 Å². The van der Waals surface area contributed by atoms with Crippen molar-refractivity contribution in [1.82, 2.24) is 14.8 Å². The summed E-state index contributed by atoms with van der Waals surface area (Å²) in [5.41, 5.74) is 1.98. The molecule has 2 rings (SSSR count). The molecule has 0 aromatic carbocycles. The van der Waals surface area contributed by atoms with Crippen molar-refractivity contribution < 1.29 is 0 Å². The van der Waals surface area contributed by atoms with Gasteiger partial charge >= 0.3 is 0 Å². The number of aryl methyl sites for hydroxylation is 1. The van der Waals surface area contributed by atoms with Crippen molar-refractivity contribution in [3.8, 4) is 5.82 Å². The molecule has 0 bridgehead atoms. The molecule has 0 aliphatic carbocycles. The lowest BCUT2D eigenvalue weighted by atomic mass is 10.4. The first kappa shape index (κ1) is 10.6. The van der Waals surface area contributed by atoms with E-state index in [0.29, 0.717) is 5.02 Å². The average molecular weight is 287 g/mol. The monoisotopic (exact) mass is 285 g/mol. The standard InChI is InChI=1S/C10H9BrClN3/c1-6-10(11)7(2)15(14-6)9-4-3-8(12)5-13-9/h3-5H,1-2H3. The zero-order valence-electron chi connectivity index (χ0n) is 8.33. The van der Waals surface area contributed by atoms with Crippen molar-refractivity contribution in [3.63, 3.8) is 0 Å². The van der Waals surface area contributed by atoms with E-state index in [1.54, 1.807) is 16.9 Å². The van der Waals surface area contributed by atoms with E-state index in [0.717, 1.165) is 21.7 Å². The summed E-state index contributed by atoms with van der Waals surface area (Å²) in [4.78, 5) is 4.21. The van der Waals surface area contributed by atoms with Crippen LogP contribution in [0, 0.1) is 13.8 Å². The van der Waals surface area contributed by atoms with E-state index in [-0.39, 0.29) is 0 Å². The molecule has 0 amide bonds. The molecular formula is C10H9BrClN3. The molecule has 3 nitrogen and oxygen atoms in total. The summed E-state index contributed by atoms with van der Waals surface area (Å²) in [6.45, 7) is 3.93. The van der Waals surface area contributed by atoms with Gasteiger partial charge in [0.05, 0.1) is 20.9 Å². The molecule has 0 aliphatic rings. The van der Waals surface area contributed by atoms with Crippen LogP contribution in [0.15, 0.2) is 22.8 Å². The number of hydrogen-bond donors (Lipinski definition) is 0. The first-order valence-corrected chi connectivity index (χ1v) is 5.60. The molecule has 2 heterocycles. The van der Waals surface area contributed by atoms with Crippen LogP contribution in [0.1, 0.15) is 11.4 Å². The second-order valence-electron chi connectivity index (χ2n) is 3.23. The maximum absolute atomic E-state index is 5.77. The molecule has 0 N–H and O–H groups in total. The lowest BCUT2D eigenvalue weighted by Crippen LogP contribution is -2.01. The first-order valence-electron chi connectivity index (χ1n) is 4.43. The van der Waals surface area contributed by atoms with E-state index in [9.17, 15) is 0 Å². The number of halogens is 2. The van der Waals surface area contributed by atoms with Gasteiger partial charge in [0, 0.05) is 6.20 Å². The van der Waals surface area contributed by atoms with E-state index in [1.165, 1.54) is 0 Å². The van der Waals surface area contributed by atoms with Gasteiger partial charge in [-0.15, -0.1) is 0 Å². The smallest absolute Gasteiger partial charge is 0.153 e. The Hall–Kier alpha value is -0.870. The van der Waals surface area contributed by atoms with Crippen molar-refractivity contribution >= 4 is 27.5 Å². The third-order valence-electron chi connectivity index (χ3n) is 2.13. The predicted molar refractivity (Wildman–Crippen MR) is 63.5 cm³/mol. The molecule has 0 fully saturated rings. The highest BCUT2D eigenvalue weighted by atomic mass is 79.9. The Morgan fingerprint density at radius 3 is 2.53 bits per heavy atom. The Labute approximate surface area is 101 Å². The zero-order valence-corrected chi connectivity index (χ0v) is 10.7. The van der Waals surface area contributed by atoms with Crippen LogP contribution in [-0.2, 0) is 0 Å². The third kappa shape index (κ3) is 1.92. The normalized spacial score (nSPS) is 10.7. The van der Waals surface area contributed by atoms with Gasteiger partial charge in [-0.1, -0.05) is 11.6 Å². The average Bonchev–Trinajstić information content (AvgIpc) is 2.47. The van der Waals surface area contributed by atoms with Gasteiger partial charge in [0.2, 0.25) is 0 Å². The van der Waals surface area contributed by atoms with Crippen molar-refractivity contribution in [2.75, 3.05) is 0 Å². The van der Waals surface area contributed by atoms with Gasteiger partial charge in [0.15, 0.2) is 5.82 Å². The quantitative estimate of drug-likeness (QED) is 0.805. The molecule has 0 unspecified atom stereocenters. The molecule has 2 aromatic rings. The Kier molecular flexibility index (Phi) is 2.80. The van der Waals surface area contributed by atoms with Gasteiger partial charge in [-0.2, -0.15) is 5.10 Å². The summed E-state index contributed by atoms with van der Waals surface area (Å²) in [6, 6.07) is 3.64. The number of pyridine rings is 1. The molecule has 0 radical (unpaired) electrons. The molecule has 2 aromatic heterocycles. The van der Waals surface area contributed by atoms with Crippen molar-refractivity contribution in [1.29, 1.82) is 0 Å². The van der Waals surface area contributed by atoms with E-state index in [4.69, 9.17) is 11.6 Å². The molecule has 0 spiro atoms. The van der Waals surface area contributed by atoms with Gasteiger partial charge in [-0.25, -0.2) is 9.67 Å². The lowest BCUT2D eigenvalue weighted by Gasteiger charge is -2.02. The minimum absolute atomic E-state index is 0.624. The summed E-state index contributed by atoms with van der Waals surface area (Å²) in [7, 11) is 0. The highest BCUT2D eigenvalue weighted by molar-refractivity contribution is 9.10. The zero-order chi connectivity index (χ0) is 11.0. The fraction of sp³-hybridized carbons (Fsp3) is 0.200. The highest BCUT2D eigenvalue weighted by Gasteiger charge is 2.10. The maximum Gasteiger partial charge on any atom is 0.153 e. The van der Waals surface area contributed by atoms with Crippen LogP contribution in [0.2, 0.25) is 5.02 Å². The van der Waals surface area contributed by atoms with Crippen LogP contribution in [0.25, 0.3) is 5.82 Å². The van der Waals surface area contributed by atoms with Crippen LogP contribution in [0.3, 0.4) is 0 Å². The molecule has 15 heavy (non-hydrogen) atoms. The van der Waals surface area contributed by atoms with Gasteiger partial charge < -0.3 is 0 Å². The largest absolute Gasteiger partial charge is 0.236 e. The fourth-order valence-corrected chi connectivity index (χ4v) is 1.70.